The zero-order chi connectivity index (χ0) is 16.7. The molecule has 2 rings (SSSR count). The predicted octanol–water partition coefficient (Wildman–Crippen LogP) is 1.47. The Balaban J connectivity index is 0.00000288. The summed E-state index contributed by atoms with van der Waals surface area (Å²) >= 11 is 3.32. The third-order valence-electron chi connectivity index (χ3n) is 3.89. The van der Waals surface area contributed by atoms with Crippen LogP contribution in [0.4, 0.5) is 0 Å². The van der Waals surface area contributed by atoms with Crippen LogP contribution < -0.4 is 16.4 Å². The molecular weight excluding hydrogens is 398 g/mol. The second-order valence-electron chi connectivity index (χ2n) is 5.53. The molecule has 134 valence electrons. The van der Waals surface area contributed by atoms with Crippen molar-refractivity contribution in [2.75, 3.05) is 26.3 Å². The van der Waals surface area contributed by atoms with Crippen LogP contribution in [0.15, 0.2) is 28.7 Å². The van der Waals surface area contributed by atoms with Crippen LogP contribution in [0, 0.1) is 5.92 Å². The molecular formula is C16H23BrClN3O3. The van der Waals surface area contributed by atoms with Crippen LogP contribution in [-0.4, -0.2) is 44.2 Å². The minimum absolute atomic E-state index is 0. The summed E-state index contributed by atoms with van der Waals surface area (Å²) in [4.78, 5) is 23.9. The van der Waals surface area contributed by atoms with Crippen molar-refractivity contribution in [2.24, 2.45) is 11.7 Å². The monoisotopic (exact) mass is 419 g/mol. The Kier molecular flexibility index (Phi) is 9.28. The van der Waals surface area contributed by atoms with Gasteiger partial charge < -0.3 is 21.1 Å². The van der Waals surface area contributed by atoms with Gasteiger partial charge in [0.05, 0.1) is 6.04 Å². The maximum Gasteiger partial charge on any atom is 0.251 e. The van der Waals surface area contributed by atoms with Gasteiger partial charge in [0.2, 0.25) is 5.91 Å². The van der Waals surface area contributed by atoms with E-state index in [2.05, 4.69) is 26.6 Å². The van der Waals surface area contributed by atoms with E-state index in [4.69, 9.17) is 10.5 Å². The molecule has 0 spiro atoms. The largest absolute Gasteiger partial charge is 0.381 e. The third kappa shape index (κ3) is 6.39. The number of ether oxygens (including phenoxy) is 1. The van der Waals surface area contributed by atoms with Gasteiger partial charge in [-0.1, -0.05) is 15.9 Å². The van der Waals surface area contributed by atoms with Crippen LogP contribution in [0.2, 0.25) is 0 Å². The number of carbonyl (C=O) groups excluding carboxylic acids is 2. The minimum atomic E-state index is -0.513. The van der Waals surface area contributed by atoms with Crippen molar-refractivity contribution in [1.82, 2.24) is 10.6 Å². The van der Waals surface area contributed by atoms with Gasteiger partial charge in [0.25, 0.3) is 5.91 Å². The molecule has 1 fully saturated rings. The maximum absolute atomic E-state index is 12.0. The Morgan fingerprint density at radius 2 is 1.75 bits per heavy atom. The molecule has 1 aromatic rings. The number of hydrogen-bond acceptors (Lipinski definition) is 4. The fourth-order valence-corrected chi connectivity index (χ4v) is 2.74. The van der Waals surface area contributed by atoms with Gasteiger partial charge in [-0.2, -0.15) is 0 Å². The average Bonchev–Trinajstić information content (AvgIpc) is 2.59. The van der Waals surface area contributed by atoms with Gasteiger partial charge in [-0.05, 0) is 43.0 Å². The number of benzene rings is 1. The number of nitrogens with two attached hydrogens (primary N) is 1. The van der Waals surface area contributed by atoms with Crippen LogP contribution in [0.1, 0.15) is 23.2 Å². The van der Waals surface area contributed by atoms with Crippen LogP contribution in [-0.2, 0) is 9.53 Å². The molecule has 1 atom stereocenters. The van der Waals surface area contributed by atoms with Crippen molar-refractivity contribution >= 4 is 40.2 Å². The molecule has 8 heteroatoms. The highest BCUT2D eigenvalue weighted by atomic mass is 79.9. The Bertz CT molecular complexity index is 536. The van der Waals surface area contributed by atoms with Gasteiger partial charge in [-0.3, -0.25) is 9.59 Å². The van der Waals surface area contributed by atoms with Crippen LogP contribution in [0.5, 0.6) is 0 Å². The highest BCUT2D eigenvalue weighted by Crippen LogP contribution is 2.17. The number of amides is 2. The van der Waals surface area contributed by atoms with E-state index >= 15 is 0 Å². The molecule has 1 saturated heterocycles. The van der Waals surface area contributed by atoms with E-state index in [0.29, 0.717) is 31.9 Å². The van der Waals surface area contributed by atoms with Gasteiger partial charge in [-0.15, -0.1) is 12.4 Å². The van der Waals surface area contributed by atoms with Crippen LogP contribution in [0.3, 0.4) is 0 Å². The summed E-state index contributed by atoms with van der Waals surface area (Å²) in [5, 5.41) is 5.53. The summed E-state index contributed by atoms with van der Waals surface area (Å²) in [5.74, 6) is -0.170. The van der Waals surface area contributed by atoms with E-state index in [1.807, 2.05) is 12.1 Å². The molecule has 1 unspecified atom stereocenters. The van der Waals surface area contributed by atoms with Gasteiger partial charge in [0.1, 0.15) is 0 Å². The molecule has 0 aromatic heterocycles. The number of rotatable bonds is 6. The first kappa shape index (κ1) is 20.9. The molecule has 0 radical (unpaired) electrons. The highest BCUT2D eigenvalue weighted by molar-refractivity contribution is 9.10. The van der Waals surface area contributed by atoms with Crippen molar-refractivity contribution in [3.8, 4) is 0 Å². The Labute approximate surface area is 156 Å². The first-order valence-electron chi connectivity index (χ1n) is 7.72. The highest BCUT2D eigenvalue weighted by Gasteiger charge is 2.26. The van der Waals surface area contributed by atoms with E-state index < -0.39 is 6.04 Å². The molecule has 2 amide bonds. The number of carbonyl (C=O) groups is 2. The van der Waals surface area contributed by atoms with Gasteiger partial charge in [0, 0.05) is 36.3 Å². The Morgan fingerprint density at radius 3 is 2.38 bits per heavy atom. The lowest BCUT2D eigenvalue weighted by molar-refractivity contribution is -0.124. The lowest BCUT2D eigenvalue weighted by Gasteiger charge is -2.26. The number of hydrogen-bond donors (Lipinski definition) is 3. The first-order valence-corrected chi connectivity index (χ1v) is 8.52. The fraction of sp³-hybridized carbons (Fsp3) is 0.500. The second-order valence-corrected chi connectivity index (χ2v) is 6.45. The summed E-state index contributed by atoms with van der Waals surface area (Å²) in [6.45, 7) is 2.04. The average molecular weight is 421 g/mol. The molecule has 1 aromatic carbocycles. The summed E-state index contributed by atoms with van der Waals surface area (Å²) in [6, 6.07) is 6.58. The van der Waals surface area contributed by atoms with Crippen LogP contribution >= 0.6 is 28.3 Å². The summed E-state index contributed by atoms with van der Waals surface area (Å²) in [6.07, 6.45) is 1.63. The lowest BCUT2D eigenvalue weighted by atomic mass is 9.92. The Hall–Kier alpha value is -1.15. The normalized spacial score (nSPS) is 15.9. The van der Waals surface area contributed by atoms with Crippen molar-refractivity contribution in [1.29, 1.82) is 0 Å². The third-order valence-corrected chi connectivity index (χ3v) is 4.42. The molecule has 0 saturated carbocycles. The first-order chi connectivity index (χ1) is 11.1. The van der Waals surface area contributed by atoms with E-state index in [1.165, 1.54) is 0 Å². The molecule has 0 bridgehead atoms. The smallest absolute Gasteiger partial charge is 0.251 e. The van der Waals surface area contributed by atoms with Crippen molar-refractivity contribution in [3.63, 3.8) is 0 Å². The standard InChI is InChI=1S/C16H22BrN3O3.ClH/c17-13-3-1-12(2-4-13)15(21)19-7-8-20-16(22)14(18)11-5-9-23-10-6-11;/h1-4,11,14H,5-10,18H2,(H,19,21)(H,20,22);1H. The quantitative estimate of drug-likeness (QED) is 0.608. The lowest BCUT2D eigenvalue weighted by Crippen LogP contribution is -2.48. The van der Waals surface area contributed by atoms with Gasteiger partial charge >= 0.3 is 0 Å². The van der Waals surface area contributed by atoms with E-state index in [0.717, 1.165) is 17.3 Å². The Morgan fingerprint density at radius 1 is 1.17 bits per heavy atom. The van der Waals surface area contributed by atoms with Gasteiger partial charge in [-0.25, -0.2) is 0 Å². The number of halogens is 2. The summed E-state index contributed by atoms with van der Waals surface area (Å²) in [5.41, 5.74) is 6.56. The van der Waals surface area contributed by atoms with E-state index in [-0.39, 0.29) is 30.1 Å². The molecule has 1 aliphatic rings. The summed E-state index contributed by atoms with van der Waals surface area (Å²) < 4.78 is 6.19. The molecule has 1 aliphatic heterocycles. The van der Waals surface area contributed by atoms with Crippen LogP contribution in [0.25, 0.3) is 0 Å². The molecule has 6 nitrogen and oxygen atoms in total. The second kappa shape index (κ2) is 10.7. The zero-order valence-corrected chi connectivity index (χ0v) is 15.7. The molecule has 24 heavy (non-hydrogen) atoms. The predicted molar refractivity (Wildman–Crippen MR) is 98.3 cm³/mol. The number of nitrogens with one attached hydrogen (secondary N) is 2. The zero-order valence-electron chi connectivity index (χ0n) is 13.3. The molecule has 4 N–H and O–H groups in total. The van der Waals surface area contributed by atoms with Crippen molar-refractivity contribution in [3.05, 3.63) is 34.3 Å². The maximum atomic E-state index is 12.0. The topological polar surface area (TPSA) is 93.5 Å². The molecule has 1 heterocycles. The van der Waals surface area contributed by atoms with E-state index in [9.17, 15) is 9.59 Å². The van der Waals surface area contributed by atoms with Crippen molar-refractivity contribution in [2.45, 2.75) is 18.9 Å². The SMILES string of the molecule is Cl.NC(C(=O)NCCNC(=O)c1ccc(Br)cc1)C1CCOCC1. The van der Waals surface area contributed by atoms with E-state index in [1.54, 1.807) is 12.1 Å². The fourth-order valence-electron chi connectivity index (χ4n) is 2.47. The molecule has 0 aliphatic carbocycles. The minimum Gasteiger partial charge on any atom is -0.381 e. The van der Waals surface area contributed by atoms with Gasteiger partial charge in [0.15, 0.2) is 0 Å². The summed E-state index contributed by atoms with van der Waals surface area (Å²) in [7, 11) is 0. The van der Waals surface area contributed by atoms with Crippen molar-refractivity contribution < 1.29 is 14.3 Å².